The van der Waals surface area contributed by atoms with Gasteiger partial charge in [-0.1, -0.05) is 6.07 Å². The van der Waals surface area contributed by atoms with Gasteiger partial charge >= 0.3 is 5.97 Å². The number of ether oxygens (including phenoxy) is 1. The Morgan fingerprint density at radius 3 is 2.78 bits per heavy atom. The third-order valence-electron chi connectivity index (χ3n) is 3.05. The number of nitrogens with zero attached hydrogens (tertiary/aromatic N) is 1. The first-order valence-electron chi connectivity index (χ1n) is 6.05. The number of carbonyl (C=O) groups is 1. The summed E-state index contributed by atoms with van der Waals surface area (Å²) < 4.78 is 6.14. The van der Waals surface area contributed by atoms with Crippen molar-refractivity contribution in [2.24, 2.45) is 0 Å². The molecule has 0 aromatic heterocycles. The largest absolute Gasteiger partial charge is 0.491 e. The van der Waals surface area contributed by atoms with E-state index in [1.807, 2.05) is 0 Å². The Labute approximate surface area is 115 Å². The SMILES string of the molecule is O=C(O)c1c(Br)cccc1OCCN1CCCC1. The van der Waals surface area contributed by atoms with Crippen LogP contribution in [0.1, 0.15) is 23.2 Å². The first-order valence-corrected chi connectivity index (χ1v) is 6.85. The molecule has 5 heteroatoms. The lowest BCUT2D eigenvalue weighted by molar-refractivity contribution is 0.0690. The summed E-state index contributed by atoms with van der Waals surface area (Å²) in [6.45, 7) is 3.61. The maximum Gasteiger partial charge on any atom is 0.340 e. The highest BCUT2D eigenvalue weighted by Gasteiger charge is 2.16. The molecule has 98 valence electrons. The number of hydrogen-bond acceptors (Lipinski definition) is 3. The lowest BCUT2D eigenvalue weighted by Gasteiger charge is -2.16. The number of carboxylic acid groups (broad SMARTS) is 1. The minimum atomic E-state index is -0.973. The van der Waals surface area contributed by atoms with Crippen LogP contribution in [0.5, 0.6) is 5.75 Å². The highest BCUT2D eigenvalue weighted by molar-refractivity contribution is 9.10. The molecule has 18 heavy (non-hydrogen) atoms. The molecular formula is C13H16BrNO3. The van der Waals surface area contributed by atoms with E-state index in [0.29, 0.717) is 16.8 Å². The van der Waals surface area contributed by atoms with Crippen molar-refractivity contribution in [3.63, 3.8) is 0 Å². The van der Waals surface area contributed by atoms with Crippen molar-refractivity contribution in [3.8, 4) is 5.75 Å². The van der Waals surface area contributed by atoms with Crippen molar-refractivity contribution in [2.75, 3.05) is 26.2 Å². The molecule has 0 bridgehead atoms. The summed E-state index contributed by atoms with van der Waals surface area (Å²) in [5, 5.41) is 9.14. The molecule has 1 aliphatic heterocycles. The van der Waals surface area contributed by atoms with Gasteiger partial charge in [-0.25, -0.2) is 4.79 Å². The van der Waals surface area contributed by atoms with Crippen LogP contribution in [0.2, 0.25) is 0 Å². The molecule has 0 spiro atoms. The van der Waals surface area contributed by atoms with E-state index in [2.05, 4.69) is 20.8 Å². The molecule has 1 aromatic rings. The van der Waals surface area contributed by atoms with Crippen molar-refractivity contribution in [1.82, 2.24) is 4.90 Å². The summed E-state index contributed by atoms with van der Waals surface area (Å²) >= 11 is 3.23. The van der Waals surface area contributed by atoms with Crippen LogP contribution in [0.25, 0.3) is 0 Å². The first-order chi connectivity index (χ1) is 8.68. The summed E-state index contributed by atoms with van der Waals surface area (Å²) in [5.41, 5.74) is 0.193. The van der Waals surface area contributed by atoms with E-state index in [9.17, 15) is 4.79 Å². The van der Waals surface area contributed by atoms with Crippen LogP contribution in [-0.2, 0) is 0 Å². The van der Waals surface area contributed by atoms with Crippen molar-refractivity contribution in [3.05, 3.63) is 28.2 Å². The molecule has 1 fully saturated rings. The Bertz CT molecular complexity index is 430. The fraction of sp³-hybridized carbons (Fsp3) is 0.462. The van der Waals surface area contributed by atoms with E-state index >= 15 is 0 Å². The van der Waals surface area contributed by atoms with Crippen LogP contribution in [-0.4, -0.2) is 42.2 Å². The monoisotopic (exact) mass is 313 g/mol. The van der Waals surface area contributed by atoms with Crippen LogP contribution < -0.4 is 4.74 Å². The van der Waals surface area contributed by atoms with Gasteiger partial charge < -0.3 is 9.84 Å². The average Bonchev–Trinajstić information content (AvgIpc) is 2.81. The summed E-state index contributed by atoms with van der Waals surface area (Å²) in [6, 6.07) is 5.18. The maximum absolute atomic E-state index is 11.1. The predicted molar refractivity (Wildman–Crippen MR) is 72.3 cm³/mol. The third kappa shape index (κ3) is 3.23. The zero-order valence-corrected chi connectivity index (χ0v) is 11.6. The van der Waals surface area contributed by atoms with Crippen LogP contribution in [0.3, 0.4) is 0 Å². The molecule has 0 unspecified atom stereocenters. The molecule has 1 N–H and O–H groups in total. The van der Waals surface area contributed by atoms with Crippen LogP contribution in [0.4, 0.5) is 0 Å². The maximum atomic E-state index is 11.1. The molecule has 0 amide bonds. The van der Waals surface area contributed by atoms with Gasteiger partial charge in [-0.05, 0) is 54.0 Å². The number of benzene rings is 1. The molecule has 1 aliphatic rings. The lowest BCUT2D eigenvalue weighted by Crippen LogP contribution is -2.25. The molecule has 0 saturated carbocycles. The van der Waals surface area contributed by atoms with Gasteiger partial charge in [-0.3, -0.25) is 4.90 Å². The van der Waals surface area contributed by atoms with E-state index in [0.717, 1.165) is 19.6 Å². The Hall–Kier alpha value is -1.07. The second-order valence-electron chi connectivity index (χ2n) is 4.32. The molecular weight excluding hydrogens is 298 g/mol. The molecule has 1 saturated heterocycles. The van der Waals surface area contributed by atoms with E-state index in [1.165, 1.54) is 12.8 Å². The van der Waals surface area contributed by atoms with Crippen molar-refractivity contribution in [1.29, 1.82) is 0 Å². The number of carboxylic acids is 1. The van der Waals surface area contributed by atoms with Crippen LogP contribution in [0.15, 0.2) is 22.7 Å². The van der Waals surface area contributed by atoms with Gasteiger partial charge in [0.25, 0.3) is 0 Å². The first kappa shape index (κ1) is 13.4. The number of rotatable bonds is 5. The van der Waals surface area contributed by atoms with Gasteiger partial charge in [0.2, 0.25) is 0 Å². The fourth-order valence-electron chi connectivity index (χ4n) is 2.12. The molecule has 4 nitrogen and oxygen atoms in total. The number of halogens is 1. The Morgan fingerprint density at radius 2 is 2.11 bits per heavy atom. The average molecular weight is 314 g/mol. The summed E-state index contributed by atoms with van der Waals surface area (Å²) in [7, 11) is 0. The highest BCUT2D eigenvalue weighted by atomic mass is 79.9. The van der Waals surface area contributed by atoms with E-state index < -0.39 is 5.97 Å². The summed E-state index contributed by atoms with van der Waals surface area (Å²) in [5.74, 6) is -0.547. The Kier molecular flexibility index (Phi) is 4.60. The van der Waals surface area contributed by atoms with E-state index in [1.54, 1.807) is 18.2 Å². The standard InChI is InChI=1S/C13H16BrNO3/c14-10-4-3-5-11(12(10)13(16)17)18-9-8-15-6-1-2-7-15/h3-5H,1-2,6-9H2,(H,16,17). The molecule has 0 aliphatic carbocycles. The van der Waals surface area contributed by atoms with Gasteiger partial charge in [0.15, 0.2) is 0 Å². The zero-order chi connectivity index (χ0) is 13.0. The summed E-state index contributed by atoms with van der Waals surface area (Å²) in [4.78, 5) is 13.5. The van der Waals surface area contributed by atoms with Crippen LogP contribution >= 0.6 is 15.9 Å². The number of hydrogen-bond donors (Lipinski definition) is 1. The predicted octanol–water partition coefficient (Wildman–Crippen LogP) is 2.62. The highest BCUT2D eigenvalue weighted by Crippen LogP contribution is 2.26. The Balaban J connectivity index is 1.96. The molecule has 1 aromatic carbocycles. The van der Waals surface area contributed by atoms with Crippen molar-refractivity contribution in [2.45, 2.75) is 12.8 Å². The zero-order valence-electron chi connectivity index (χ0n) is 10.1. The van der Waals surface area contributed by atoms with Gasteiger partial charge in [-0.2, -0.15) is 0 Å². The van der Waals surface area contributed by atoms with Crippen molar-refractivity contribution < 1.29 is 14.6 Å². The Morgan fingerprint density at radius 1 is 1.39 bits per heavy atom. The van der Waals surface area contributed by atoms with Gasteiger partial charge in [0.1, 0.15) is 17.9 Å². The molecule has 2 rings (SSSR count). The number of aromatic carboxylic acids is 1. The molecule has 0 atom stereocenters. The fourth-order valence-corrected chi connectivity index (χ4v) is 2.64. The quantitative estimate of drug-likeness (QED) is 0.908. The smallest absolute Gasteiger partial charge is 0.340 e. The van der Waals surface area contributed by atoms with E-state index in [-0.39, 0.29) is 5.56 Å². The normalized spacial score (nSPS) is 15.8. The molecule has 1 heterocycles. The van der Waals surface area contributed by atoms with Crippen molar-refractivity contribution >= 4 is 21.9 Å². The second kappa shape index (κ2) is 6.20. The minimum absolute atomic E-state index is 0.193. The van der Waals surface area contributed by atoms with Gasteiger partial charge in [-0.15, -0.1) is 0 Å². The van der Waals surface area contributed by atoms with Gasteiger partial charge in [0, 0.05) is 11.0 Å². The topological polar surface area (TPSA) is 49.8 Å². The van der Waals surface area contributed by atoms with Crippen LogP contribution in [0, 0.1) is 0 Å². The van der Waals surface area contributed by atoms with E-state index in [4.69, 9.17) is 9.84 Å². The number of likely N-dealkylation sites (tertiary alicyclic amines) is 1. The summed E-state index contributed by atoms with van der Waals surface area (Å²) in [6.07, 6.45) is 2.49. The molecule has 0 radical (unpaired) electrons. The second-order valence-corrected chi connectivity index (χ2v) is 5.17. The lowest BCUT2D eigenvalue weighted by atomic mass is 10.2. The van der Waals surface area contributed by atoms with Gasteiger partial charge in [0.05, 0.1) is 0 Å². The minimum Gasteiger partial charge on any atom is -0.491 e. The third-order valence-corrected chi connectivity index (χ3v) is 3.71.